The molecule has 1 saturated carbocycles. The first-order chi connectivity index (χ1) is 13.5. The van der Waals surface area contributed by atoms with Crippen LogP contribution in [-0.2, 0) is 16.0 Å². The van der Waals surface area contributed by atoms with E-state index in [1.165, 1.54) is 7.11 Å². The average molecular weight is 400 g/mol. The molecule has 2 aliphatic rings. The summed E-state index contributed by atoms with van der Waals surface area (Å²) in [7, 11) is 1.36. The van der Waals surface area contributed by atoms with Crippen LogP contribution in [0.4, 0.5) is 0 Å². The lowest BCUT2D eigenvalue weighted by Crippen LogP contribution is -2.34. The molecule has 0 spiro atoms. The van der Waals surface area contributed by atoms with E-state index in [-0.39, 0.29) is 18.0 Å². The Morgan fingerprint density at radius 3 is 2.64 bits per heavy atom. The number of amides is 1. The minimum atomic E-state index is -0.374. The molecule has 28 heavy (non-hydrogen) atoms. The van der Waals surface area contributed by atoms with Crippen LogP contribution in [0.15, 0.2) is 36.4 Å². The molecule has 1 N–H and O–H groups in total. The van der Waals surface area contributed by atoms with Crippen LogP contribution in [0.2, 0.25) is 5.02 Å². The van der Waals surface area contributed by atoms with Crippen molar-refractivity contribution in [3.05, 3.63) is 52.5 Å². The third-order valence-electron chi connectivity index (χ3n) is 5.18. The molecule has 0 unspecified atom stereocenters. The molecule has 1 heterocycles. The number of esters is 1. The third-order valence-corrected chi connectivity index (χ3v) is 5.40. The van der Waals surface area contributed by atoms with Crippen LogP contribution in [0, 0.1) is 5.92 Å². The number of methoxy groups -OCH3 is 1. The lowest BCUT2D eigenvalue weighted by atomic mass is 9.99. The van der Waals surface area contributed by atoms with E-state index in [0.29, 0.717) is 35.9 Å². The monoisotopic (exact) mass is 399 g/mol. The summed E-state index contributed by atoms with van der Waals surface area (Å²) < 4.78 is 10.9. The SMILES string of the molecule is COC(=O)c1ccc(-c2cc(Cl)cc3c2O[C@H](CNC(=O)CC2CC2)C3)cc1. The van der Waals surface area contributed by atoms with Gasteiger partial charge >= 0.3 is 5.97 Å². The zero-order chi connectivity index (χ0) is 19.7. The first-order valence-corrected chi connectivity index (χ1v) is 9.86. The smallest absolute Gasteiger partial charge is 0.337 e. The number of carbonyl (C=O) groups is 2. The zero-order valence-electron chi connectivity index (χ0n) is 15.7. The van der Waals surface area contributed by atoms with E-state index < -0.39 is 0 Å². The van der Waals surface area contributed by atoms with E-state index in [1.807, 2.05) is 24.3 Å². The van der Waals surface area contributed by atoms with Crippen molar-refractivity contribution in [1.82, 2.24) is 5.32 Å². The number of hydrogen-bond acceptors (Lipinski definition) is 4. The van der Waals surface area contributed by atoms with Gasteiger partial charge < -0.3 is 14.8 Å². The highest BCUT2D eigenvalue weighted by atomic mass is 35.5. The quantitative estimate of drug-likeness (QED) is 0.745. The van der Waals surface area contributed by atoms with E-state index in [1.54, 1.807) is 12.1 Å². The molecule has 1 atom stereocenters. The van der Waals surface area contributed by atoms with Gasteiger partial charge in [-0.25, -0.2) is 4.79 Å². The van der Waals surface area contributed by atoms with Crippen molar-refractivity contribution in [2.24, 2.45) is 5.92 Å². The van der Waals surface area contributed by atoms with Gasteiger partial charge in [0.15, 0.2) is 0 Å². The van der Waals surface area contributed by atoms with Crippen LogP contribution < -0.4 is 10.1 Å². The maximum absolute atomic E-state index is 12.0. The first kappa shape index (κ1) is 18.8. The Kier molecular flexibility index (Phi) is 5.27. The molecule has 2 aromatic rings. The van der Waals surface area contributed by atoms with Crippen LogP contribution in [0.3, 0.4) is 0 Å². The van der Waals surface area contributed by atoms with E-state index in [9.17, 15) is 9.59 Å². The van der Waals surface area contributed by atoms with Gasteiger partial charge in [0.1, 0.15) is 11.9 Å². The predicted molar refractivity (Wildman–Crippen MR) is 107 cm³/mol. The average Bonchev–Trinajstić information content (AvgIpc) is 3.41. The highest BCUT2D eigenvalue weighted by molar-refractivity contribution is 6.31. The van der Waals surface area contributed by atoms with Gasteiger partial charge in [-0.05, 0) is 48.6 Å². The second-order valence-electron chi connectivity index (χ2n) is 7.41. The molecule has 1 aliphatic carbocycles. The second-order valence-corrected chi connectivity index (χ2v) is 7.84. The van der Waals surface area contributed by atoms with Crippen LogP contribution in [-0.4, -0.2) is 31.6 Å². The Hall–Kier alpha value is -2.53. The third kappa shape index (κ3) is 4.14. The van der Waals surface area contributed by atoms with Crippen molar-refractivity contribution < 1.29 is 19.1 Å². The molecule has 146 valence electrons. The lowest BCUT2D eigenvalue weighted by Gasteiger charge is -2.14. The molecule has 1 fully saturated rings. The molecule has 0 saturated heterocycles. The van der Waals surface area contributed by atoms with Crippen LogP contribution in [0.25, 0.3) is 11.1 Å². The fourth-order valence-electron chi connectivity index (χ4n) is 3.51. The number of hydrogen-bond donors (Lipinski definition) is 1. The van der Waals surface area contributed by atoms with Crippen LogP contribution in [0.1, 0.15) is 35.2 Å². The Balaban J connectivity index is 1.49. The summed E-state index contributed by atoms with van der Waals surface area (Å²) >= 11 is 6.32. The maximum Gasteiger partial charge on any atom is 0.337 e. The summed E-state index contributed by atoms with van der Waals surface area (Å²) in [6, 6.07) is 10.9. The number of fused-ring (bicyclic) bond motifs is 1. The van der Waals surface area contributed by atoms with E-state index in [4.69, 9.17) is 21.1 Å². The van der Waals surface area contributed by atoms with Gasteiger partial charge in [-0.3, -0.25) is 4.79 Å². The largest absolute Gasteiger partial charge is 0.487 e. The number of ether oxygens (including phenoxy) is 2. The number of carbonyl (C=O) groups excluding carboxylic acids is 2. The molecular weight excluding hydrogens is 378 g/mol. The fourth-order valence-corrected chi connectivity index (χ4v) is 3.75. The Morgan fingerprint density at radius 1 is 1.21 bits per heavy atom. The Labute approximate surface area is 169 Å². The Bertz CT molecular complexity index is 905. The second kappa shape index (κ2) is 7.84. The first-order valence-electron chi connectivity index (χ1n) is 9.48. The van der Waals surface area contributed by atoms with Crippen LogP contribution in [0.5, 0.6) is 5.75 Å². The predicted octanol–water partition coefficient (Wildman–Crippen LogP) is 4.01. The van der Waals surface area contributed by atoms with Gasteiger partial charge in [-0.1, -0.05) is 23.7 Å². The van der Waals surface area contributed by atoms with E-state index >= 15 is 0 Å². The summed E-state index contributed by atoms with van der Waals surface area (Å²) in [6.07, 6.45) is 3.53. The number of halogens is 1. The summed E-state index contributed by atoms with van der Waals surface area (Å²) in [4.78, 5) is 23.6. The normalized spacial score (nSPS) is 17.6. The standard InChI is InChI=1S/C22H22ClNO4/c1-27-22(26)15-6-4-14(5-7-15)19-11-17(23)9-16-10-18(28-21(16)19)12-24-20(25)8-13-2-3-13/h4-7,9,11,13,18H,2-3,8,10,12H2,1H3,(H,24,25)/t18-/m0/s1. The Morgan fingerprint density at radius 2 is 1.96 bits per heavy atom. The fraction of sp³-hybridized carbons (Fsp3) is 0.364. The van der Waals surface area contributed by atoms with Gasteiger partial charge in [0.05, 0.1) is 19.2 Å². The number of nitrogens with one attached hydrogen (secondary N) is 1. The van der Waals surface area contributed by atoms with Crippen molar-refractivity contribution in [3.63, 3.8) is 0 Å². The highest BCUT2D eigenvalue weighted by Crippen LogP contribution is 2.41. The van der Waals surface area contributed by atoms with Gasteiger partial charge in [0, 0.05) is 29.0 Å². The van der Waals surface area contributed by atoms with Gasteiger partial charge in [0.25, 0.3) is 0 Å². The van der Waals surface area contributed by atoms with Crippen LogP contribution >= 0.6 is 11.6 Å². The topological polar surface area (TPSA) is 64.6 Å². The van der Waals surface area contributed by atoms with Crippen molar-refractivity contribution in [2.75, 3.05) is 13.7 Å². The van der Waals surface area contributed by atoms with E-state index in [0.717, 1.165) is 35.3 Å². The van der Waals surface area contributed by atoms with Crippen molar-refractivity contribution in [3.8, 4) is 16.9 Å². The molecule has 1 aliphatic heterocycles. The van der Waals surface area contributed by atoms with Gasteiger partial charge in [0.2, 0.25) is 5.91 Å². The van der Waals surface area contributed by atoms with Gasteiger partial charge in [-0.2, -0.15) is 0 Å². The molecule has 2 aromatic carbocycles. The lowest BCUT2D eigenvalue weighted by molar-refractivity contribution is -0.121. The van der Waals surface area contributed by atoms with Crippen molar-refractivity contribution in [2.45, 2.75) is 31.8 Å². The summed E-state index contributed by atoms with van der Waals surface area (Å²) in [6.45, 7) is 0.485. The number of rotatable bonds is 6. The minimum absolute atomic E-state index is 0.0960. The maximum atomic E-state index is 12.0. The molecule has 4 rings (SSSR count). The molecule has 6 heteroatoms. The highest BCUT2D eigenvalue weighted by Gasteiger charge is 2.28. The molecular formula is C22H22ClNO4. The molecule has 0 radical (unpaired) electrons. The van der Waals surface area contributed by atoms with Crippen molar-refractivity contribution in [1.29, 1.82) is 0 Å². The summed E-state index contributed by atoms with van der Waals surface area (Å²) in [5.74, 6) is 1.08. The molecule has 0 bridgehead atoms. The van der Waals surface area contributed by atoms with Crippen molar-refractivity contribution >= 4 is 23.5 Å². The minimum Gasteiger partial charge on any atom is -0.487 e. The molecule has 5 nitrogen and oxygen atoms in total. The number of benzene rings is 2. The summed E-state index contributed by atoms with van der Waals surface area (Å²) in [5, 5.41) is 3.61. The summed E-state index contributed by atoms with van der Waals surface area (Å²) in [5.41, 5.74) is 3.30. The zero-order valence-corrected chi connectivity index (χ0v) is 16.4. The molecule has 1 amide bonds. The van der Waals surface area contributed by atoms with Gasteiger partial charge in [-0.15, -0.1) is 0 Å². The van der Waals surface area contributed by atoms with E-state index in [2.05, 4.69) is 5.32 Å². The molecule has 0 aromatic heterocycles.